The van der Waals surface area contributed by atoms with Crippen LogP contribution in [0.3, 0.4) is 0 Å². The summed E-state index contributed by atoms with van der Waals surface area (Å²) in [6.45, 7) is 0. The first kappa shape index (κ1) is 8.47. The minimum absolute atomic E-state index is 0.0206. The summed E-state index contributed by atoms with van der Waals surface area (Å²) in [5.41, 5.74) is 2.68. The van der Waals surface area contributed by atoms with Gasteiger partial charge in [-0.3, -0.25) is 9.59 Å². The number of anilines is 2. The van der Waals surface area contributed by atoms with Gasteiger partial charge in [0.15, 0.2) is 0 Å². The van der Waals surface area contributed by atoms with Gasteiger partial charge in [-0.05, 0) is 12.1 Å². The van der Waals surface area contributed by atoms with Crippen molar-refractivity contribution in [2.24, 2.45) is 0 Å². The monoisotopic (exact) mass is 202 g/mol. The lowest BCUT2D eigenvalue weighted by Crippen LogP contribution is -2.28. The molecule has 1 N–H and O–H groups in total. The fourth-order valence-electron chi connectivity index (χ4n) is 2.37. The van der Waals surface area contributed by atoms with Crippen molar-refractivity contribution in [1.29, 1.82) is 0 Å². The van der Waals surface area contributed by atoms with Crippen LogP contribution in [0.1, 0.15) is 17.9 Å². The molecule has 1 atom stereocenters. The van der Waals surface area contributed by atoms with E-state index in [0.29, 0.717) is 0 Å². The van der Waals surface area contributed by atoms with Crippen LogP contribution in [0, 0.1) is 0 Å². The highest BCUT2D eigenvalue weighted by Gasteiger charge is 2.40. The second-order valence-electron chi connectivity index (χ2n) is 3.94. The van der Waals surface area contributed by atoms with Crippen LogP contribution in [0.2, 0.25) is 0 Å². The van der Waals surface area contributed by atoms with Gasteiger partial charge in [0, 0.05) is 30.4 Å². The summed E-state index contributed by atoms with van der Waals surface area (Å²) >= 11 is 0. The Hall–Kier alpha value is -1.84. The smallest absolute Gasteiger partial charge is 0.234 e. The molecule has 0 saturated heterocycles. The van der Waals surface area contributed by atoms with Crippen LogP contribution in [0.5, 0.6) is 0 Å². The molecular formula is C11H10N2O2. The number of hydrogen-bond acceptors (Lipinski definition) is 2. The van der Waals surface area contributed by atoms with Gasteiger partial charge in [-0.2, -0.15) is 0 Å². The molecule has 1 unspecified atom stereocenters. The van der Waals surface area contributed by atoms with Gasteiger partial charge in [0.05, 0.1) is 5.92 Å². The molecule has 0 fully saturated rings. The molecule has 2 amide bonds. The van der Waals surface area contributed by atoms with E-state index in [1.165, 1.54) is 0 Å². The van der Waals surface area contributed by atoms with Gasteiger partial charge < -0.3 is 10.2 Å². The van der Waals surface area contributed by atoms with E-state index in [0.717, 1.165) is 16.9 Å². The molecule has 2 aliphatic heterocycles. The normalized spacial score (nSPS) is 22.7. The number of likely N-dealkylation sites (N-methyl/N-ethyl adjacent to an activating group) is 1. The Morgan fingerprint density at radius 2 is 2.20 bits per heavy atom. The SMILES string of the molecule is CN1C(=O)C2CC(=O)Nc3cccc1c32. The van der Waals surface area contributed by atoms with Crippen molar-refractivity contribution >= 4 is 23.2 Å². The van der Waals surface area contributed by atoms with E-state index in [-0.39, 0.29) is 24.2 Å². The highest BCUT2D eigenvalue weighted by Crippen LogP contribution is 2.45. The number of carbonyl (C=O) groups is 2. The maximum Gasteiger partial charge on any atom is 0.234 e. The Bertz CT molecular complexity index is 481. The molecular weight excluding hydrogens is 192 g/mol. The van der Waals surface area contributed by atoms with Gasteiger partial charge in [0.1, 0.15) is 0 Å². The molecule has 1 aromatic rings. The van der Waals surface area contributed by atoms with Crippen molar-refractivity contribution < 1.29 is 9.59 Å². The largest absolute Gasteiger partial charge is 0.326 e. The molecule has 0 spiro atoms. The van der Waals surface area contributed by atoms with E-state index >= 15 is 0 Å². The van der Waals surface area contributed by atoms with E-state index in [2.05, 4.69) is 5.32 Å². The van der Waals surface area contributed by atoms with Gasteiger partial charge in [0.25, 0.3) is 0 Å². The van der Waals surface area contributed by atoms with Gasteiger partial charge in [0.2, 0.25) is 11.8 Å². The van der Waals surface area contributed by atoms with Crippen LogP contribution in [0.15, 0.2) is 18.2 Å². The molecule has 0 bridgehead atoms. The van der Waals surface area contributed by atoms with E-state index in [1.54, 1.807) is 11.9 Å². The predicted molar refractivity (Wildman–Crippen MR) is 55.8 cm³/mol. The van der Waals surface area contributed by atoms with Crippen LogP contribution < -0.4 is 10.2 Å². The molecule has 4 nitrogen and oxygen atoms in total. The zero-order chi connectivity index (χ0) is 10.6. The third kappa shape index (κ3) is 0.960. The van der Waals surface area contributed by atoms with Gasteiger partial charge in [-0.1, -0.05) is 6.07 Å². The lowest BCUT2D eigenvalue weighted by Gasteiger charge is -2.19. The number of benzene rings is 1. The molecule has 15 heavy (non-hydrogen) atoms. The van der Waals surface area contributed by atoms with Gasteiger partial charge >= 0.3 is 0 Å². The molecule has 3 rings (SSSR count). The molecule has 1 aromatic carbocycles. The summed E-state index contributed by atoms with van der Waals surface area (Å²) in [4.78, 5) is 24.9. The molecule has 0 aliphatic carbocycles. The summed E-state index contributed by atoms with van der Waals surface area (Å²) in [7, 11) is 1.75. The van der Waals surface area contributed by atoms with Crippen molar-refractivity contribution in [1.82, 2.24) is 0 Å². The molecule has 2 heterocycles. The second-order valence-corrected chi connectivity index (χ2v) is 3.94. The number of amides is 2. The maximum absolute atomic E-state index is 11.9. The number of nitrogens with zero attached hydrogens (tertiary/aromatic N) is 1. The van der Waals surface area contributed by atoms with E-state index in [4.69, 9.17) is 0 Å². The Balaban J connectivity index is 2.27. The number of hydrogen-bond donors (Lipinski definition) is 1. The number of carbonyl (C=O) groups excluding carboxylic acids is 2. The van der Waals surface area contributed by atoms with Gasteiger partial charge in [-0.15, -0.1) is 0 Å². The van der Waals surface area contributed by atoms with Gasteiger partial charge in [-0.25, -0.2) is 0 Å². The van der Waals surface area contributed by atoms with E-state index in [1.807, 2.05) is 18.2 Å². The fourth-order valence-corrected chi connectivity index (χ4v) is 2.37. The third-order valence-electron chi connectivity index (χ3n) is 3.09. The molecule has 76 valence electrons. The molecule has 4 heteroatoms. The van der Waals surface area contributed by atoms with Crippen molar-refractivity contribution in [3.63, 3.8) is 0 Å². The van der Waals surface area contributed by atoms with Crippen LogP contribution >= 0.6 is 0 Å². The van der Waals surface area contributed by atoms with Crippen LogP contribution in [0.4, 0.5) is 11.4 Å². The lowest BCUT2D eigenvalue weighted by molar-refractivity contribution is -0.123. The predicted octanol–water partition coefficient (Wildman–Crippen LogP) is 1.09. The zero-order valence-electron chi connectivity index (χ0n) is 8.28. The standard InChI is InChI=1S/C11H10N2O2/c1-13-8-4-2-3-7-10(8)6(11(13)15)5-9(14)12-7/h2-4,6H,5H2,1H3,(H,12,14). The van der Waals surface area contributed by atoms with Crippen molar-refractivity contribution in [3.05, 3.63) is 23.8 Å². The summed E-state index contributed by atoms with van der Waals surface area (Å²) in [6.07, 6.45) is 0.271. The molecule has 2 aliphatic rings. The third-order valence-corrected chi connectivity index (χ3v) is 3.09. The first-order valence-corrected chi connectivity index (χ1v) is 4.89. The number of nitrogens with one attached hydrogen (secondary N) is 1. The average Bonchev–Trinajstić information content (AvgIpc) is 2.46. The summed E-state index contributed by atoms with van der Waals surface area (Å²) in [5, 5.41) is 2.79. The van der Waals surface area contributed by atoms with Crippen LogP contribution in [-0.2, 0) is 9.59 Å². The quantitative estimate of drug-likeness (QED) is 0.684. The minimum Gasteiger partial charge on any atom is -0.326 e. The Kier molecular flexibility index (Phi) is 1.46. The Morgan fingerprint density at radius 3 is 3.00 bits per heavy atom. The number of rotatable bonds is 0. The van der Waals surface area contributed by atoms with Crippen LogP contribution in [-0.4, -0.2) is 18.9 Å². The first-order chi connectivity index (χ1) is 7.18. The minimum atomic E-state index is -0.269. The Morgan fingerprint density at radius 1 is 1.40 bits per heavy atom. The van der Waals surface area contributed by atoms with Crippen LogP contribution in [0.25, 0.3) is 0 Å². The zero-order valence-corrected chi connectivity index (χ0v) is 8.28. The maximum atomic E-state index is 11.9. The molecule has 0 radical (unpaired) electrons. The van der Waals surface area contributed by atoms with E-state index < -0.39 is 0 Å². The first-order valence-electron chi connectivity index (χ1n) is 4.89. The summed E-state index contributed by atoms with van der Waals surface area (Å²) in [5.74, 6) is -0.324. The lowest BCUT2D eigenvalue weighted by atomic mass is 9.92. The van der Waals surface area contributed by atoms with E-state index in [9.17, 15) is 9.59 Å². The fraction of sp³-hybridized carbons (Fsp3) is 0.273. The summed E-state index contributed by atoms with van der Waals surface area (Å²) < 4.78 is 0. The highest BCUT2D eigenvalue weighted by atomic mass is 16.2. The molecule has 0 aromatic heterocycles. The van der Waals surface area contributed by atoms with Crippen molar-refractivity contribution in [3.8, 4) is 0 Å². The Labute approximate surface area is 86.9 Å². The highest BCUT2D eigenvalue weighted by molar-refractivity contribution is 6.12. The van der Waals surface area contributed by atoms with Crippen molar-refractivity contribution in [2.75, 3.05) is 17.3 Å². The van der Waals surface area contributed by atoms with Crippen molar-refractivity contribution in [2.45, 2.75) is 12.3 Å². The average molecular weight is 202 g/mol. The summed E-state index contributed by atoms with van der Waals surface area (Å²) in [6, 6.07) is 5.61. The second kappa shape index (κ2) is 2.59. The topological polar surface area (TPSA) is 49.4 Å². The molecule has 0 saturated carbocycles.